The molecule has 0 aliphatic rings. The van der Waals surface area contributed by atoms with E-state index in [1.807, 2.05) is 18.5 Å². The highest BCUT2D eigenvalue weighted by Gasteiger charge is 2.07. The molecule has 1 heterocycles. The molecule has 0 aliphatic carbocycles. The number of benzene rings is 1. The Morgan fingerprint density at radius 1 is 1.29 bits per heavy atom. The quantitative estimate of drug-likeness (QED) is 0.879. The summed E-state index contributed by atoms with van der Waals surface area (Å²) in [4.78, 5) is 0. The summed E-state index contributed by atoms with van der Waals surface area (Å²) in [5, 5.41) is 4.46. The molecule has 3 nitrogen and oxygen atoms in total. The molecule has 0 bridgehead atoms. The topological polar surface area (TPSA) is 43.8 Å². The number of aromatic nitrogens is 2. The Balaban J connectivity index is 2.36. The normalized spacial score (nSPS) is 12.7. The van der Waals surface area contributed by atoms with E-state index in [4.69, 9.17) is 5.73 Å². The summed E-state index contributed by atoms with van der Waals surface area (Å²) in [6.45, 7) is 7.03. The highest BCUT2D eigenvalue weighted by molar-refractivity contribution is 5.65. The minimum atomic E-state index is 0.0866. The first-order valence-electron chi connectivity index (χ1n) is 6.01. The van der Waals surface area contributed by atoms with Crippen molar-refractivity contribution in [3.63, 3.8) is 0 Å². The minimum absolute atomic E-state index is 0.0866. The largest absolute Gasteiger partial charge is 0.324 e. The van der Waals surface area contributed by atoms with E-state index in [0.717, 1.165) is 17.8 Å². The predicted octanol–water partition coefficient (Wildman–Crippen LogP) is 2.90. The van der Waals surface area contributed by atoms with E-state index in [0.29, 0.717) is 0 Å². The molecule has 1 unspecified atom stereocenters. The van der Waals surface area contributed by atoms with E-state index in [2.05, 4.69) is 42.5 Å². The third-order valence-corrected chi connectivity index (χ3v) is 3.02. The first kappa shape index (κ1) is 11.9. The standard InChI is InChI=1S/C14H19N3/c1-4-17-9-14(11(3)16-17)13-7-5-12(6-8-13)10(2)15/h5-10H,4,15H2,1-3H3. The number of nitrogens with two attached hydrogens (primary N) is 1. The summed E-state index contributed by atoms with van der Waals surface area (Å²) >= 11 is 0. The zero-order valence-corrected chi connectivity index (χ0v) is 10.6. The summed E-state index contributed by atoms with van der Waals surface area (Å²) in [6, 6.07) is 8.49. The molecule has 1 aromatic carbocycles. The second-order valence-corrected chi connectivity index (χ2v) is 4.39. The summed E-state index contributed by atoms with van der Waals surface area (Å²) in [6.07, 6.45) is 2.09. The zero-order chi connectivity index (χ0) is 12.4. The highest BCUT2D eigenvalue weighted by atomic mass is 15.3. The lowest BCUT2D eigenvalue weighted by atomic mass is 10.0. The van der Waals surface area contributed by atoms with Gasteiger partial charge in [-0.1, -0.05) is 24.3 Å². The van der Waals surface area contributed by atoms with Gasteiger partial charge in [0.25, 0.3) is 0 Å². The van der Waals surface area contributed by atoms with Crippen LogP contribution in [0.2, 0.25) is 0 Å². The van der Waals surface area contributed by atoms with Gasteiger partial charge in [-0.05, 0) is 31.9 Å². The van der Waals surface area contributed by atoms with Crippen molar-refractivity contribution in [3.8, 4) is 11.1 Å². The number of hydrogen-bond acceptors (Lipinski definition) is 2. The number of aryl methyl sites for hydroxylation is 2. The van der Waals surface area contributed by atoms with Crippen molar-refractivity contribution < 1.29 is 0 Å². The van der Waals surface area contributed by atoms with Gasteiger partial charge in [0.1, 0.15) is 0 Å². The van der Waals surface area contributed by atoms with Gasteiger partial charge in [-0.25, -0.2) is 0 Å². The molecule has 2 aromatic rings. The Morgan fingerprint density at radius 2 is 1.94 bits per heavy atom. The molecule has 0 fully saturated rings. The van der Waals surface area contributed by atoms with Crippen molar-refractivity contribution in [2.75, 3.05) is 0 Å². The lowest BCUT2D eigenvalue weighted by molar-refractivity contribution is 0.653. The van der Waals surface area contributed by atoms with Gasteiger partial charge in [0, 0.05) is 24.3 Å². The van der Waals surface area contributed by atoms with Crippen LogP contribution in [-0.4, -0.2) is 9.78 Å². The molecule has 0 spiro atoms. The Bertz CT molecular complexity index is 495. The number of nitrogens with zero attached hydrogens (tertiary/aromatic N) is 2. The third-order valence-electron chi connectivity index (χ3n) is 3.02. The molecule has 0 amide bonds. The van der Waals surface area contributed by atoms with Gasteiger partial charge in [-0.3, -0.25) is 4.68 Å². The Labute approximate surface area is 102 Å². The van der Waals surface area contributed by atoms with Crippen LogP contribution in [0.4, 0.5) is 0 Å². The molecule has 2 N–H and O–H groups in total. The number of hydrogen-bond donors (Lipinski definition) is 1. The van der Waals surface area contributed by atoms with E-state index >= 15 is 0 Å². The Hall–Kier alpha value is -1.61. The monoisotopic (exact) mass is 229 g/mol. The molecule has 1 atom stereocenters. The molecular formula is C14H19N3. The van der Waals surface area contributed by atoms with Crippen LogP contribution in [0.3, 0.4) is 0 Å². The lowest BCUT2D eigenvalue weighted by Gasteiger charge is -2.06. The van der Waals surface area contributed by atoms with Gasteiger partial charge in [-0.15, -0.1) is 0 Å². The van der Waals surface area contributed by atoms with Gasteiger partial charge in [0.15, 0.2) is 0 Å². The van der Waals surface area contributed by atoms with Crippen molar-refractivity contribution in [3.05, 3.63) is 41.7 Å². The lowest BCUT2D eigenvalue weighted by Crippen LogP contribution is -2.04. The van der Waals surface area contributed by atoms with E-state index in [1.54, 1.807) is 0 Å². The zero-order valence-electron chi connectivity index (χ0n) is 10.6. The maximum Gasteiger partial charge on any atom is 0.0672 e. The van der Waals surface area contributed by atoms with Crippen LogP contribution in [0.15, 0.2) is 30.5 Å². The maximum absolute atomic E-state index is 5.84. The molecule has 0 saturated heterocycles. The summed E-state index contributed by atoms with van der Waals surface area (Å²) in [5.41, 5.74) is 10.5. The van der Waals surface area contributed by atoms with Crippen LogP contribution >= 0.6 is 0 Å². The summed E-state index contributed by atoms with van der Waals surface area (Å²) < 4.78 is 1.96. The SMILES string of the molecule is CCn1cc(-c2ccc(C(C)N)cc2)c(C)n1. The van der Waals surface area contributed by atoms with Crippen LogP contribution in [0.5, 0.6) is 0 Å². The third kappa shape index (κ3) is 2.39. The van der Waals surface area contributed by atoms with Crippen LogP contribution in [0, 0.1) is 6.92 Å². The van der Waals surface area contributed by atoms with Gasteiger partial charge in [0.05, 0.1) is 5.69 Å². The fourth-order valence-electron chi connectivity index (χ4n) is 1.93. The van der Waals surface area contributed by atoms with Gasteiger partial charge in [-0.2, -0.15) is 5.10 Å². The van der Waals surface area contributed by atoms with Crippen LogP contribution in [0.1, 0.15) is 31.1 Å². The average Bonchev–Trinajstić information content (AvgIpc) is 2.71. The molecule has 3 heteroatoms. The van der Waals surface area contributed by atoms with Crippen molar-refractivity contribution >= 4 is 0 Å². The van der Waals surface area contributed by atoms with Crippen LogP contribution in [-0.2, 0) is 6.54 Å². The fraction of sp³-hybridized carbons (Fsp3) is 0.357. The summed E-state index contributed by atoms with van der Waals surface area (Å²) in [5.74, 6) is 0. The Morgan fingerprint density at radius 3 is 2.41 bits per heavy atom. The molecule has 90 valence electrons. The average molecular weight is 229 g/mol. The number of rotatable bonds is 3. The molecule has 0 saturated carbocycles. The molecule has 17 heavy (non-hydrogen) atoms. The van der Waals surface area contributed by atoms with Gasteiger partial charge in [0.2, 0.25) is 0 Å². The second-order valence-electron chi connectivity index (χ2n) is 4.39. The fourth-order valence-corrected chi connectivity index (χ4v) is 1.93. The van der Waals surface area contributed by atoms with E-state index in [1.165, 1.54) is 11.1 Å². The minimum Gasteiger partial charge on any atom is -0.324 e. The first-order chi connectivity index (χ1) is 8.11. The van der Waals surface area contributed by atoms with Crippen LogP contribution < -0.4 is 5.73 Å². The van der Waals surface area contributed by atoms with Crippen molar-refractivity contribution in [2.45, 2.75) is 33.4 Å². The smallest absolute Gasteiger partial charge is 0.0672 e. The van der Waals surface area contributed by atoms with Crippen molar-refractivity contribution in [1.82, 2.24) is 9.78 Å². The van der Waals surface area contributed by atoms with Crippen molar-refractivity contribution in [2.24, 2.45) is 5.73 Å². The second kappa shape index (κ2) is 4.72. The van der Waals surface area contributed by atoms with E-state index in [9.17, 15) is 0 Å². The van der Waals surface area contributed by atoms with E-state index < -0.39 is 0 Å². The van der Waals surface area contributed by atoms with Gasteiger partial charge >= 0.3 is 0 Å². The van der Waals surface area contributed by atoms with E-state index in [-0.39, 0.29) is 6.04 Å². The summed E-state index contributed by atoms with van der Waals surface area (Å²) in [7, 11) is 0. The predicted molar refractivity (Wildman–Crippen MR) is 70.7 cm³/mol. The molecular weight excluding hydrogens is 210 g/mol. The molecule has 2 rings (SSSR count). The molecule has 0 aliphatic heterocycles. The van der Waals surface area contributed by atoms with Gasteiger partial charge < -0.3 is 5.73 Å². The highest BCUT2D eigenvalue weighted by Crippen LogP contribution is 2.23. The molecule has 1 aromatic heterocycles. The first-order valence-corrected chi connectivity index (χ1v) is 6.01. The van der Waals surface area contributed by atoms with Crippen LogP contribution in [0.25, 0.3) is 11.1 Å². The molecule has 0 radical (unpaired) electrons. The van der Waals surface area contributed by atoms with Crippen molar-refractivity contribution in [1.29, 1.82) is 0 Å². The Kier molecular flexibility index (Phi) is 3.29. The maximum atomic E-state index is 5.84.